The standard InChI is InChI=1S/4C6H9NO3.2C2H3N.2Rh/c4*1-10-6(9)4-2-3-5(8)7-4;2*1-2-3;;/h4*4H,2-3H2,1H3,(H,7,8);2*1H3;;/q;;;;;;2*+2/p-4/t4*4-;;;;/m1111..../s1. The van der Waals surface area contributed by atoms with Crippen molar-refractivity contribution in [1.29, 1.82) is 10.5 Å². The molecule has 0 unspecified atom stereocenters. The third-order valence-corrected chi connectivity index (χ3v) is 5.62. The number of rotatable bonds is 4. The van der Waals surface area contributed by atoms with Crippen molar-refractivity contribution < 1.29 is 96.3 Å². The molecule has 0 aliphatic carbocycles. The van der Waals surface area contributed by atoms with Crippen molar-refractivity contribution in [3.8, 4) is 12.1 Å². The van der Waals surface area contributed by atoms with Crippen LogP contribution >= 0.6 is 0 Å². The van der Waals surface area contributed by atoms with Crippen LogP contribution in [0.3, 0.4) is 0 Å². The van der Waals surface area contributed by atoms with Crippen molar-refractivity contribution in [1.82, 2.24) is 0 Å². The summed E-state index contributed by atoms with van der Waals surface area (Å²) < 4.78 is 17.6. The van der Waals surface area contributed by atoms with Crippen LogP contribution in [0.2, 0.25) is 0 Å². The Morgan fingerprint density at radius 1 is 0.500 bits per heavy atom. The summed E-state index contributed by atoms with van der Waals surface area (Å²) in [7, 11) is 5.17. The molecule has 0 aromatic heterocycles. The summed E-state index contributed by atoms with van der Waals surface area (Å²) in [5.41, 5.74) is 0. The molecule has 4 aliphatic rings. The molecule has 0 spiro atoms. The molecule has 0 aromatic rings. The number of methoxy groups -OCH3 is 4. The van der Waals surface area contributed by atoms with E-state index in [1.165, 1.54) is 42.3 Å². The van der Waals surface area contributed by atoms with Gasteiger partial charge in [-0.1, -0.05) is 25.7 Å². The average molecular weight is 856 g/mol. The van der Waals surface area contributed by atoms with E-state index in [-0.39, 0.29) is 62.6 Å². The van der Waals surface area contributed by atoms with Gasteiger partial charge in [0.15, 0.2) is 0 Å². The molecule has 18 nitrogen and oxygen atoms in total. The molecule has 0 saturated carbocycles. The second kappa shape index (κ2) is 30.3. The molecule has 0 N–H and O–H groups in total. The molecule has 0 aromatic carbocycles. The fraction of sp³-hybridized carbons (Fsp3) is 0.643. The fourth-order valence-electron chi connectivity index (χ4n) is 3.48. The number of hydrogen-bond acceptors (Lipinski definition) is 14. The van der Waals surface area contributed by atoms with Gasteiger partial charge in [-0.2, -0.15) is 10.5 Å². The molecule has 0 bridgehead atoms. The van der Waals surface area contributed by atoms with Crippen molar-refractivity contribution in [2.24, 2.45) is 0 Å². The average Bonchev–Trinajstić information content (AvgIpc) is 3.86. The smallest absolute Gasteiger partial charge is 0.642 e. The van der Waals surface area contributed by atoms with Crippen LogP contribution in [0.5, 0.6) is 0 Å². The molecule has 4 amide bonds. The maximum absolute atomic E-state index is 10.7. The molecule has 4 rings (SSSR count). The zero-order valence-electron chi connectivity index (χ0n) is 27.2. The largest absolute Gasteiger partial charge is 2.00 e. The Labute approximate surface area is 304 Å². The van der Waals surface area contributed by atoms with Gasteiger partial charge in [0.25, 0.3) is 23.9 Å². The molecule has 48 heavy (non-hydrogen) atoms. The van der Waals surface area contributed by atoms with E-state index in [4.69, 9.17) is 10.5 Å². The van der Waals surface area contributed by atoms with E-state index in [1.54, 1.807) is 12.1 Å². The van der Waals surface area contributed by atoms with Crippen LogP contribution < -0.4 is 0 Å². The topological polar surface area (TPSA) is 277 Å². The minimum Gasteiger partial charge on any atom is -0.642 e. The Morgan fingerprint density at radius 3 is 0.729 bits per heavy atom. The van der Waals surface area contributed by atoms with Gasteiger partial charge in [0, 0.05) is 13.8 Å². The van der Waals surface area contributed by atoms with Crippen molar-refractivity contribution >= 4 is 47.5 Å². The first kappa shape index (κ1) is 50.8. The second-order valence-electron chi connectivity index (χ2n) is 8.85. The molecule has 270 valence electrons. The normalized spacial score (nSPS) is 20.4. The van der Waals surface area contributed by atoms with Crippen molar-refractivity contribution in [2.75, 3.05) is 28.4 Å². The Kier molecular flexibility index (Phi) is 32.1. The van der Waals surface area contributed by atoms with Crippen LogP contribution in [0.25, 0.3) is 21.3 Å². The zero-order valence-corrected chi connectivity index (χ0v) is 30.5. The number of nitrogens with zero attached hydrogens (tertiary/aromatic N) is 6. The molecule has 4 saturated heterocycles. The molecule has 20 heteroatoms. The van der Waals surface area contributed by atoms with Gasteiger partial charge < -0.3 is 59.4 Å². The molecule has 4 fully saturated rings. The number of carbonyl (C=O) groups is 8. The number of esters is 4. The fourth-order valence-corrected chi connectivity index (χ4v) is 3.48. The maximum Gasteiger partial charge on any atom is 2.00 e. The van der Waals surface area contributed by atoms with Crippen LogP contribution in [0.1, 0.15) is 65.2 Å². The monoisotopic (exact) mass is 856 g/mol. The Bertz CT molecular complexity index is 995. The van der Waals surface area contributed by atoms with E-state index < -0.39 is 48.0 Å². The van der Waals surface area contributed by atoms with Gasteiger partial charge >= 0.3 is 39.0 Å². The molecule has 4 heterocycles. The third-order valence-electron chi connectivity index (χ3n) is 5.62. The summed E-state index contributed by atoms with van der Waals surface area (Å²) in [6.45, 7) is 2.86. The minimum atomic E-state index is -0.530. The Morgan fingerprint density at radius 2 is 0.646 bits per heavy atom. The van der Waals surface area contributed by atoms with Crippen LogP contribution in [0.4, 0.5) is 0 Å². The minimum absolute atomic E-state index is 0. The van der Waals surface area contributed by atoms with Gasteiger partial charge in [0.2, 0.25) is 0 Å². The van der Waals surface area contributed by atoms with Gasteiger partial charge in [0.05, 0.1) is 64.2 Å². The number of carbonyl (C=O) groups excluding carboxylic acids is 8. The summed E-state index contributed by atoms with van der Waals surface area (Å²) in [5, 5.41) is 28.8. The van der Waals surface area contributed by atoms with E-state index in [2.05, 4.69) is 40.2 Å². The van der Waals surface area contributed by atoms with E-state index in [1.807, 2.05) is 0 Å². The summed E-state index contributed by atoms with van der Waals surface area (Å²) in [4.78, 5) is 84.8. The molecular weight excluding hydrogens is 818 g/mol. The number of ether oxygens (including phenoxy) is 4. The quantitative estimate of drug-likeness (QED) is 0.222. The predicted octanol–water partition coefficient (Wildman–Crippen LogP) is 1.94. The van der Waals surface area contributed by atoms with Gasteiger partial charge in [-0.3, -0.25) is 19.2 Å². The Hall–Kier alpha value is -4.01. The van der Waals surface area contributed by atoms with Gasteiger partial charge in [0.1, 0.15) is 0 Å². The Balaban J connectivity index is -0.000000251. The predicted molar refractivity (Wildman–Crippen MR) is 156 cm³/mol. The van der Waals surface area contributed by atoms with E-state index in [9.17, 15) is 38.4 Å². The molecule has 4 atom stereocenters. The maximum atomic E-state index is 10.7. The molecule has 4 aliphatic heterocycles. The number of hydrogen-bond donors (Lipinski definition) is 0. The summed E-state index contributed by atoms with van der Waals surface area (Å²) in [6, 6.07) is 1.38. The SMILES string of the molecule is CC#N.CC#N.COC(=O)[C@H]1CCC(=O)[N-]1.COC(=O)[C@H]1CCC(=O)[N-]1.COC(=O)[C@H]1CCC(=O)[N-]1.COC(=O)[C@H]1CCC(=O)[N-]1.[Rh+2].[Rh+2]. The van der Waals surface area contributed by atoms with E-state index >= 15 is 0 Å². The van der Waals surface area contributed by atoms with Crippen molar-refractivity contribution in [3.63, 3.8) is 0 Å². The van der Waals surface area contributed by atoms with Gasteiger partial charge in [-0.15, -0.1) is 0 Å². The van der Waals surface area contributed by atoms with E-state index in [0.29, 0.717) is 51.4 Å². The third kappa shape index (κ3) is 22.5. The van der Waals surface area contributed by atoms with Crippen molar-refractivity contribution in [3.05, 3.63) is 21.3 Å². The van der Waals surface area contributed by atoms with Crippen LogP contribution in [0, 0.1) is 22.7 Å². The first-order chi connectivity index (χ1) is 21.8. The van der Waals surface area contributed by atoms with E-state index in [0.717, 1.165) is 0 Å². The first-order valence-electron chi connectivity index (χ1n) is 13.7. The van der Waals surface area contributed by atoms with Crippen LogP contribution in [-0.2, 0) is 96.3 Å². The summed E-state index contributed by atoms with van der Waals surface area (Å²) >= 11 is 0. The number of nitriles is 2. The summed E-state index contributed by atoms with van der Waals surface area (Å²) in [6.07, 6.45) is 3.52. The first-order valence-corrected chi connectivity index (χ1v) is 13.7. The van der Waals surface area contributed by atoms with Crippen molar-refractivity contribution in [2.45, 2.75) is 89.4 Å². The van der Waals surface area contributed by atoms with Gasteiger partial charge in [-0.05, 0) is 49.9 Å². The second-order valence-corrected chi connectivity index (χ2v) is 8.85. The zero-order chi connectivity index (χ0) is 35.7. The summed E-state index contributed by atoms with van der Waals surface area (Å²) in [5.74, 6) is -2.44. The molecular formula is C28H38N6O12Rh2. The van der Waals surface area contributed by atoms with Crippen LogP contribution in [-0.4, -0.2) is 100 Å². The molecule has 2 radical (unpaired) electrons. The number of amides is 4. The van der Waals surface area contributed by atoms with Crippen LogP contribution in [0.15, 0.2) is 0 Å². The van der Waals surface area contributed by atoms with Gasteiger partial charge in [-0.25, -0.2) is 0 Å².